The van der Waals surface area contributed by atoms with Gasteiger partial charge in [0.15, 0.2) is 0 Å². The number of hydrogen-bond acceptors (Lipinski definition) is 4. The fourth-order valence-electron chi connectivity index (χ4n) is 4.50. The average molecular weight is 438 g/mol. The van der Waals surface area contributed by atoms with Gasteiger partial charge in [0, 0.05) is 32.6 Å². The van der Waals surface area contributed by atoms with Crippen molar-refractivity contribution in [2.75, 3.05) is 18.0 Å². The Morgan fingerprint density at radius 2 is 1.78 bits per heavy atom. The molecule has 2 aliphatic rings. The zero-order valence-corrected chi connectivity index (χ0v) is 18.1. The molecule has 0 radical (unpaired) electrons. The van der Waals surface area contributed by atoms with Gasteiger partial charge in [-0.1, -0.05) is 42.5 Å². The summed E-state index contributed by atoms with van der Waals surface area (Å²) in [5.41, 5.74) is -0.0448. The maximum absolute atomic E-state index is 13.4. The van der Waals surface area contributed by atoms with Crippen molar-refractivity contribution in [3.63, 3.8) is 0 Å². The summed E-state index contributed by atoms with van der Waals surface area (Å²) in [7, 11) is 1.42. The highest BCUT2D eigenvalue weighted by Gasteiger charge is 2.25. The highest BCUT2D eigenvalue weighted by atomic mass is 19.1. The Kier molecular flexibility index (Phi) is 6.44. The lowest BCUT2D eigenvalue weighted by Crippen LogP contribution is -2.42. The number of nitrogens with zero attached hydrogens (tertiary/aromatic N) is 2. The van der Waals surface area contributed by atoms with Gasteiger partial charge < -0.3 is 10.0 Å². The van der Waals surface area contributed by atoms with Crippen LogP contribution in [0.4, 0.5) is 10.2 Å². The first-order chi connectivity index (χ1) is 15.4. The Bertz CT molecular complexity index is 1170. The van der Waals surface area contributed by atoms with Crippen molar-refractivity contribution < 1.29 is 9.50 Å². The van der Waals surface area contributed by atoms with Crippen molar-refractivity contribution in [1.82, 2.24) is 9.55 Å². The smallest absolute Gasteiger partial charge is 0.329 e. The number of H-pyrrole nitrogens is 1. The first kappa shape index (κ1) is 21.9. The molecule has 2 heterocycles. The minimum absolute atomic E-state index is 0.107. The highest BCUT2D eigenvalue weighted by molar-refractivity contribution is 5.50. The van der Waals surface area contributed by atoms with E-state index in [1.807, 2.05) is 12.2 Å². The van der Waals surface area contributed by atoms with Crippen molar-refractivity contribution in [2.24, 2.45) is 18.9 Å². The number of aromatic hydroxyl groups is 1. The summed E-state index contributed by atoms with van der Waals surface area (Å²) >= 11 is 0. The van der Waals surface area contributed by atoms with Gasteiger partial charge in [-0.15, -0.1) is 0 Å². The summed E-state index contributed by atoms with van der Waals surface area (Å²) in [6, 6.07) is 3.75. The normalized spacial score (nSPS) is 17.1. The lowest BCUT2D eigenvalue weighted by Gasteiger charge is -2.35. The molecule has 2 aromatic rings. The van der Waals surface area contributed by atoms with Crippen LogP contribution in [0, 0.1) is 17.7 Å². The predicted molar refractivity (Wildman–Crippen MR) is 124 cm³/mol. The van der Waals surface area contributed by atoms with Crippen LogP contribution in [-0.4, -0.2) is 27.7 Å². The molecule has 2 N–H and O–H groups in total. The summed E-state index contributed by atoms with van der Waals surface area (Å²) in [6.45, 7) is 1.46. The fourth-order valence-corrected chi connectivity index (χ4v) is 4.50. The summed E-state index contributed by atoms with van der Waals surface area (Å²) in [6.07, 6.45) is 15.8. The van der Waals surface area contributed by atoms with Gasteiger partial charge in [-0.3, -0.25) is 14.3 Å². The Morgan fingerprint density at radius 1 is 1.09 bits per heavy atom. The van der Waals surface area contributed by atoms with E-state index in [9.17, 15) is 19.1 Å². The lowest BCUT2D eigenvalue weighted by molar-refractivity contribution is 0.360. The number of halogens is 1. The highest BCUT2D eigenvalue weighted by Crippen LogP contribution is 2.30. The zero-order chi connectivity index (χ0) is 22.7. The second-order valence-electron chi connectivity index (χ2n) is 8.56. The van der Waals surface area contributed by atoms with Crippen LogP contribution >= 0.6 is 0 Å². The number of nitrogens with one attached hydrogen (secondary N) is 1. The van der Waals surface area contributed by atoms with E-state index < -0.39 is 17.1 Å². The van der Waals surface area contributed by atoms with Crippen LogP contribution in [0.1, 0.15) is 30.4 Å². The molecule has 1 fully saturated rings. The Morgan fingerprint density at radius 3 is 2.44 bits per heavy atom. The third-order valence-electron chi connectivity index (χ3n) is 6.38. The first-order valence-corrected chi connectivity index (χ1v) is 11.0. The van der Waals surface area contributed by atoms with Crippen LogP contribution in [0.5, 0.6) is 5.75 Å². The molecule has 6 nitrogen and oxygen atoms in total. The topological polar surface area (TPSA) is 78.3 Å². The van der Waals surface area contributed by atoms with E-state index in [0.717, 1.165) is 43.0 Å². The SMILES string of the molecule is Cn1c(=O)[nH]c(N2CCC(CC3C=CC=CC=C3)CC2)c(Cc2ccc(F)cc2O)c1=O. The largest absolute Gasteiger partial charge is 0.508 e. The van der Waals surface area contributed by atoms with Crippen LogP contribution in [0.3, 0.4) is 0 Å². The Hall–Kier alpha value is -3.35. The molecule has 1 aromatic heterocycles. The van der Waals surface area contributed by atoms with Gasteiger partial charge in [-0.2, -0.15) is 0 Å². The summed E-state index contributed by atoms with van der Waals surface area (Å²) in [5, 5.41) is 10.1. The standard InChI is InChI=1S/C25H28FN3O3/c1-28-24(31)21(15-19-8-9-20(26)16-22(19)30)23(27-25(28)32)29-12-10-18(11-13-29)14-17-6-4-2-3-5-7-17/h2-9,16-18,30H,10-15H2,1H3,(H,27,32). The average Bonchev–Trinajstić information content (AvgIpc) is 3.05. The van der Waals surface area contributed by atoms with Crippen molar-refractivity contribution in [3.05, 3.63) is 92.4 Å². The fraction of sp³-hybridized carbons (Fsp3) is 0.360. The van der Waals surface area contributed by atoms with Gasteiger partial charge in [0.25, 0.3) is 5.56 Å². The molecular weight excluding hydrogens is 409 g/mol. The van der Waals surface area contributed by atoms with Gasteiger partial charge in [0.05, 0.1) is 5.56 Å². The first-order valence-electron chi connectivity index (χ1n) is 11.0. The molecule has 168 valence electrons. The number of rotatable bonds is 5. The summed E-state index contributed by atoms with van der Waals surface area (Å²) in [5.74, 6) is 0.728. The van der Waals surface area contributed by atoms with Crippen LogP contribution in [0.15, 0.2) is 64.2 Å². The van der Waals surface area contributed by atoms with E-state index in [1.165, 1.54) is 19.2 Å². The number of aromatic nitrogens is 2. The van der Waals surface area contributed by atoms with E-state index in [2.05, 4.69) is 34.2 Å². The Labute approximate surface area is 186 Å². The molecule has 0 unspecified atom stereocenters. The van der Waals surface area contributed by atoms with E-state index in [0.29, 0.717) is 28.8 Å². The van der Waals surface area contributed by atoms with E-state index in [4.69, 9.17) is 0 Å². The molecule has 0 atom stereocenters. The van der Waals surface area contributed by atoms with Crippen LogP contribution in [0.2, 0.25) is 0 Å². The molecule has 7 heteroatoms. The van der Waals surface area contributed by atoms with Gasteiger partial charge in [-0.05, 0) is 42.7 Å². The third-order valence-corrected chi connectivity index (χ3v) is 6.38. The Balaban J connectivity index is 1.54. The van der Waals surface area contributed by atoms with Crippen molar-refractivity contribution in [2.45, 2.75) is 25.7 Å². The minimum atomic E-state index is -0.544. The van der Waals surface area contributed by atoms with Gasteiger partial charge in [-0.25, -0.2) is 9.18 Å². The number of benzene rings is 1. The molecule has 1 saturated heterocycles. The summed E-state index contributed by atoms with van der Waals surface area (Å²) < 4.78 is 14.4. The molecule has 0 bridgehead atoms. The van der Waals surface area contributed by atoms with E-state index >= 15 is 0 Å². The van der Waals surface area contributed by atoms with Crippen LogP contribution in [0.25, 0.3) is 0 Å². The molecule has 0 amide bonds. The van der Waals surface area contributed by atoms with Crippen LogP contribution in [-0.2, 0) is 13.5 Å². The number of anilines is 1. The maximum atomic E-state index is 13.4. The number of aromatic amines is 1. The molecule has 1 aliphatic heterocycles. The van der Waals surface area contributed by atoms with Gasteiger partial charge in [0.1, 0.15) is 17.4 Å². The maximum Gasteiger partial charge on any atom is 0.329 e. The molecule has 4 rings (SSSR count). The second-order valence-corrected chi connectivity index (χ2v) is 8.56. The molecule has 0 spiro atoms. The zero-order valence-electron chi connectivity index (χ0n) is 18.1. The number of allylic oxidation sites excluding steroid dienone is 6. The van der Waals surface area contributed by atoms with Gasteiger partial charge in [0.2, 0.25) is 0 Å². The molecule has 32 heavy (non-hydrogen) atoms. The lowest BCUT2D eigenvalue weighted by atomic mass is 9.86. The monoisotopic (exact) mass is 437 g/mol. The van der Waals surface area contributed by atoms with E-state index in [-0.39, 0.29) is 12.2 Å². The summed E-state index contributed by atoms with van der Waals surface area (Å²) in [4.78, 5) is 30.2. The molecule has 1 aliphatic carbocycles. The van der Waals surface area contributed by atoms with Crippen molar-refractivity contribution >= 4 is 5.82 Å². The van der Waals surface area contributed by atoms with Gasteiger partial charge >= 0.3 is 5.69 Å². The van der Waals surface area contributed by atoms with Crippen molar-refractivity contribution in [1.29, 1.82) is 0 Å². The second kappa shape index (κ2) is 9.42. The predicted octanol–water partition coefficient (Wildman–Crippen LogP) is 3.41. The van der Waals surface area contributed by atoms with Crippen molar-refractivity contribution in [3.8, 4) is 5.75 Å². The number of hydrogen-bond donors (Lipinski definition) is 2. The number of piperidine rings is 1. The quantitative estimate of drug-likeness (QED) is 0.752. The number of phenolic OH excluding ortho intramolecular Hbond substituents is 1. The van der Waals surface area contributed by atoms with E-state index in [1.54, 1.807) is 0 Å². The number of phenols is 1. The minimum Gasteiger partial charge on any atom is -0.508 e. The molecular formula is C25H28FN3O3. The van der Waals surface area contributed by atoms with Crippen LogP contribution < -0.4 is 16.1 Å². The third kappa shape index (κ3) is 4.77. The molecule has 0 saturated carbocycles. The molecule has 1 aromatic carbocycles.